The number of tetrazole rings is 1. The van der Waals surface area contributed by atoms with Gasteiger partial charge in [-0.1, -0.05) is 18.9 Å². The second kappa shape index (κ2) is 4.51. The van der Waals surface area contributed by atoms with Gasteiger partial charge in [-0.25, -0.2) is 10.6 Å². The Balaban J connectivity index is 2.42. The molecule has 1 rings (SSSR count). The number of rotatable bonds is 3. The lowest BCUT2D eigenvalue weighted by Gasteiger charge is -2.17. The van der Waals surface area contributed by atoms with Crippen LogP contribution in [0, 0.1) is 5.92 Å². The maximum absolute atomic E-state index is 11.3. The molecular formula is C6H13N7O. The third kappa shape index (κ3) is 2.98. The number of amides is 2. The van der Waals surface area contributed by atoms with Crippen molar-refractivity contribution >= 4 is 12.0 Å². The fraction of sp³-hybridized carbons (Fsp3) is 0.667. The molecule has 0 bridgehead atoms. The van der Waals surface area contributed by atoms with Gasteiger partial charge in [0.25, 0.3) is 5.95 Å². The number of hydrogen-bond donors (Lipinski definition) is 3. The van der Waals surface area contributed by atoms with Crippen LogP contribution in [0.4, 0.5) is 10.7 Å². The van der Waals surface area contributed by atoms with Crippen molar-refractivity contribution in [2.45, 2.75) is 13.8 Å². The fourth-order valence-electron chi connectivity index (χ4n) is 0.859. The fourth-order valence-corrected chi connectivity index (χ4v) is 0.859. The number of H-pyrrole nitrogens is 1. The van der Waals surface area contributed by atoms with Crippen LogP contribution in [0.3, 0.4) is 0 Å². The van der Waals surface area contributed by atoms with E-state index in [0.717, 1.165) is 5.01 Å². The molecule has 0 aliphatic carbocycles. The number of carbonyl (C=O) groups excluding carboxylic acids is 1. The molecular weight excluding hydrogens is 186 g/mol. The van der Waals surface area contributed by atoms with Crippen molar-refractivity contribution in [2.24, 2.45) is 11.8 Å². The molecule has 0 atom stereocenters. The highest BCUT2D eigenvalue weighted by Gasteiger charge is 2.12. The summed E-state index contributed by atoms with van der Waals surface area (Å²) in [7, 11) is 0. The van der Waals surface area contributed by atoms with Gasteiger partial charge in [0.05, 0.1) is 0 Å². The first-order chi connectivity index (χ1) is 6.59. The molecule has 1 heterocycles. The molecule has 0 saturated heterocycles. The van der Waals surface area contributed by atoms with E-state index in [-0.39, 0.29) is 5.95 Å². The van der Waals surface area contributed by atoms with Crippen LogP contribution in [0.1, 0.15) is 13.8 Å². The molecule has 8 heteroatoms. The molecule has 1 aromatic rings. The third-order valence-electron chi connectivity index (χ3n) is 1.39. The number of hydrazine groups is 1. The molecule has 0 spiro atoms. The quantitative estimate of drug-likeness (QED) is 0.347. The number of aromatic amines is 1. The van der Waals surface area contributed by atoms with E-state index >= 15 is 0 Å². The summed E-state index contributed by atoms with van der Waals surface area (Å²) in [5.41, 5.74) is 0. The molecule has 0 aliphatic heterocycles. The number of nitrogens with zero attached hydrogens (tertiary/aromatic N) is 4. The highest BCUT2D eigenvalue weighted by molar-refractivity contribution is 5.86. The molecule has 0 aromatic carbocycles. The Labute approximate surface area is 80.8 Å². The second-order valence-corrected chi connectivity index (χ2v) is 3.21. The summed E-state index contributed by atoms with van der Waals surface area (Å²) in [5.74, 6) is 5.88. The number of nitrogens with one attached hydrogen (secondary N) is 2. The van der Waals surface area contributed by atoms with Gasteiger partial charge in [0.2, 0.25) is 0 Å². The standard InChI is InChI=1S/C6H13N7O/c1-4(2)3-13(7)6(14)8-5-9-11-12-10-5/h4H,3,7H2,1-2H3,(H2,8,9,10,11,12,14). The second-order valence-electron chi connectivity index (χ2n) is 3.21. The lowest BCUT2D eigenvalue weighted by Crippen LogP contribution is -2.43. The minimum atomic E-state index is -0.458. The largest absolute Gasteiger partial charge is 0.338 e. The highest BCUT2D eigenvalue weighted by Crippen LogP contribution is 1.97. The van der Waals surface area contributed by atoms with Gasteiger partial charge >= 0.3 is 6.03 Å². The Kier molecular flexibility index (Phi) is 3.35. The summed E-state index contributed by atoms with van der Waals surface area (Å²) in [6.07, 6.45) is 0. The SMILES string of the molecule is CC(C)CN(N)C(=O)Nc1nn[nH]n1. The Morgan fingerprint density at radius 2 is 2.43 bits per heavy atom. The zero-order chi connectivity index (χ0) is 10.6. The van der Waals surface area contributed by atoms with E-state index in [4.69, 9.17) is 5.84 Å². The van der Waals surface area contributed by atoms with Crippen molar-refractivity contribution in [3.8, 4) is 0 Å². The topological polar surface area (TPSA) is 113 Å². The number of urea groups is 1. The Bertz CT molecular complexity index is 282. The molecule has 1 aromatic heterocycles. The maximum Gasteiger partial charge on any atom is 0.338 e. The summed E-state index contributed by atoms with van der Waals surface area (Å²) in [6.45, 7) is 4.38. The molecule has 0 fully saturated rings. The summed E-state index contributed by atoms with van der Waals surface area (Å²) in [4.78, 5) is 11.3. The first-order valence-corrected chi connectivity index (χ1v) is 4.16. The smallest absolute Gasteiger partial charge is 0.272 e. The monoisotopic (exact) mass is 199 g/mol. The van der Waals surface area contributed by atoms with Crippen LogP contribution in [0.25, 0.3) is 0 Å². The summed E-state index contributed by atoms with van der Waals surface area (Å²) in [5, 5.41) is 16.1. The lowest BCUT2D eigenvalue weighted by molar-refractivity contribution is 0.206. The van der Waals surface area contributed by atoms with Crippen LogP contribution in [0.2, 0.25) is 0 Å². The van der Waals surface area contributed by atoms with E-state index in [1.165, 1.54) is 0 Å². The van der Waals surface area contributed by atoms with Crippen molar-refractivity contribution in [3.05, 3.63) is 0 Å². The van der Waals surface area contributed by atoms with Crippen LogP contribution in [0.15, 0.2) is 0 Å². The van der Waals surface area contributed by atoms with Crippen LogP contribution in [-0.2, 0) is 0 Å². The van der Waals surface area contributed by atoms with Crippen molar-refractivity contribution in [2.75, 3.05) is 11.9 Å². The number of anilines is 1. The molecule has 0 radical (unpaired) electrons. The van der Waals surface area contributed by atoms with Gasteiger partial charge in [0.15, 0.2) is 0 Å². The van der Waals surface area contributed by atoms with Gasteiger partial charge in [-0.15, -0.1) is 5.10 Å². The summed E-state index contributed by atoms with van der Waals surface area (Å²) in [6, 6.07) is -0.458. The number of aromatic nitrogens is 4. The number of nitrogens with two attached hydrogens (primary N) is 1. The van der Waals surface area contributed by atoms with Gasteiger partial charge in [-0.2, -0.15) is 5.21 Å². The first-order valence-electron chi connectivity index (χ1n) is 4.16. The van der Waals surface area contributed by atoms with Crippen molar-refractivity contribution in [1.29, 1.82) is 0 Å². The lowest BCUT2D eigenvalue weighted by atomic mass is 10.2. The Morgan fingerprint density at radius 3 is 2.93 bits per heavy atom. The van der Waals surface area contributed by atoms with Crippen LogP contribution >= 0.6 is 0 Å². The van der Waals surface area contributed by atoms with Crippen LogP contribution in [-0.4, -0.2) is 38.2 Å². The summed E-state index contributed by atoms with van der Waals surface area (Å²) >= 11 is 0. The average molecular weight is 199 g/mol. The zero-order valence-electron chi connectivity index (χ0n) is 8.06. The number of hydrogen-bond acceptors (Lipinski definition) is 5. The van der Waals surface area contributed by atoms with Gasteiger partial charge < -0.3 is 0 Å². The van der Waals surface area contributed by atoms with Crippen molar-refractivity contribution in [1.82, 2.24) is 25.6 Å². The maximum atomic E-state index is 11.3. The predicted octanol–water partition coefficient (Wildman–Crippen LogP) is -0.437. The molecule has 14 heavy (non-hydrogen) atoms. The van der Waals surface area contributed by atoms with Crippen LogP contribution < -0.4 is 11.2 Å². The van der Waals surface area contributed by atoms with Gasteiger partial charge in [0, 0.05) is 6.54 Å². The minimum absolute atomic E-state index is 0.106. The molecule has 0 aliphatic rings. The molecule has 4 N–H and O–H groups in total. The van der Waals surface area contributed by atoms with Gasteiger partial charge in [-0.3, -0.25) is 10.3 Å². The average Bonchev–Trinajstić information content (AvgIpc) is 2.55. The van der Waals surface area contributed by atoms with E-state index in [1.807, 2.05) is 13.8 Å². The molecule has 78 valence electrons. The van der Waals surface area contributed by atoms with Crippen LogP contribution in [0.5, 0.6) is 0 Å². The molecule has 2 amide bonds. The Morgan fingerprint density at radius 1 is 1.71 bits per heavy atom. The zero-order valence-corrected chi connectivity index (χ0v) is 8.06. The van der Waals surface area contributed by atoms with E-state index in [2.05, 4.69) is 25.9 Å². The predicted molar refractivity (Wildman–Crippen MR) is 48.9 cm³/mol. The van der Waals surface area contributed by atoms with E-state index in [0.29, 0.717) is 12.5 Å². The summed E-state index contributed by atoms with van der Waals surface area (Å²) < 4.78 is 0. The van der Waals surface area contributed by atoms with Gasteiger partial charge in [-0.05, 0) is 11.1 Å². The van der Waals surface area contributed by atoms with E-state index in [9.17, 15) is 4.79 Å². The Hall–Kier alpha value is -1.70. The minimum Gasteiger partial charge on any atom is -0.272 e. The molecule has 0 saturated carbocycles. The normalized spacial score (nSPS) is 10.3. The molecule has 8 nitrogen and oxygen atoms in total. The highest BCUT2D eigenvalue weighted by atomic mass is 16.2. The van der Waals surface area contributed by atoms with E-state index < -0.39 is 6.03 Å². The number of carbonyl (C=O) groups is 1. The first kappa shape index (κ1) is 10.4. The van der Waals surface area contributed by atoms with Crippen molar-refractivity contribution < 1.29 is 4.79 Å². The molecule has 0 unspecified atom stereocenters. The van der Waals surface area contributed by atoms with Crippen molar-refractivity contribution in [3.63, 3.8) is 0 Å². The van der Waals surface area contributed by atoms with Gasteiger partial charge in [0.1, 0.15) is 0 Å². The van der Waals surface area contributed by atoms with E-state index in [1.54, 1.807) is 0 Å². The third-order valence-corrected chi connectivity index (χ3v) is 1.39.